The third kappa shape index (κ3) is 3.75. The van der Waals surface area contributed by atoms with Crippen LogP contribution in [-0.4, -0.2) is 29.3 Å². The van der Waals surface area contributed by atoms with Gasteiger partial charge in [0.2, 0.25) is 11.0 Å². The number of nitrogens with one attached hydrogen (secondary N) is 1. The molecule has 0 saturated carbocycles. The van der Waals surface area contributed by atoms with Crippen LogP contribution in [0, 0.1) is 0 Å². The van der Waals surface area contributed by atoms with E-state index in [0.29, 0.717) is 11.6 Å². The van der Waals surface area contributed by atoms with Crippen molar-refractivity contribution in [3.8, 4) is 5.75 Å². The van der Waals surface area contributed by atoms with Crippen LogP contribution in [0.2, 0.25) is 0 Å². The Morgan fingerprint density at radius 1 is 1.50 bits per heavy atom. The first-order valence-corrected chi connectivity index (χ1v) is 6.92. The van der Waals surface area contributed by atoms with Gasteiger partial charge in [-0.15, -0.1) is 10.2 Å². The van der Waals surface area contributed by atoms with E-state index in [1.54, 1.807) is 14.0 Å². The van der Waals surface area contributed by atoms with Crippen LogP contribution in [-0.2, 0) is 11.2 Å². The Labute approximate surface area is 121 Å². The van der Waals surface area contributed by atoms with Crippen LogP contribution in [0.5, 0.6) is 5.75 Å². The molecule has 106 valence electrons. The number of nitrogens with zero attached hydrogens (tertiary/aromatic N) is 2. The number of benzene rings is 1. The molecule has 7 heteroatoms. The molecule has 0 aliphatic heterocycles. The Hall–Kier alpha value is -1.99. The summed E-state index contributed by atoms with van der Waals surface area (Å²) in [7, 11) is 1.63. The van der Waals surface area contributed by atoms with Crippen molar-refractivity contribution < 1.29 is 9.53 Å². The number of nitrogens with two attached hydrogens (primary N) is 1. The lowest BCUT2D eigenvalue weighted by atomic mass is 10.1. The summed E-state index contributed by atoms with van der Waals surface area (Å²) < 4.78 is 5.17. The second kappa shape index (κ2) is 6.44. The fourth-order valence-corrected chi connectivity index (χ4v) is 2.33. The molecule has 20 heavy (non-hydrogen) atoms. The van der Waals surface area contributed by atoms with E-state index in [4.69, 9.17) is 10.5 Å². The molecule has 2 rings (SSSR count). The molecule has 0 saturated heterocycles. The van der Waals surface area contributed by atoms with Crippen molar-refractivity contribution in [3.63, 3.8) is 0 Å². The summed E-state index contributed by atoms with van der Waals surface area (Å²) in [6.07, 6.45) is 0.642. The van der Waals surface area contributed by atoms with Gasteiger partial charge in [-0.2, -0.15) is 0 Å². The SMILES string of the molecule is COc1cccc(Cc2nnc(NC(=O)[C@H](C)N)s2)c1. The molecule has 1 aromatic heterocycles. The Bertz CT molecular complexity index is 598. The molecule has 1 heterocycles. The molecule has 0 aliphatic rings. The van der Waals surface area contributed by atoms with Gasteiger partial charge in [0.1, 0.15) is 10.8 Å². The van der Waals surface area contributed by atoms with Crippen LogP contribution in [0.3, 0.4) is 0 Å². The average Bonchev–Trinajstić information content (AvgIpc) is 2.86. The van der Waals surface area contributed by atoms with E-state index in [1.807, 2.05) is 24.3 Å². The minimum Gasteiger partial charge on any atom is -0.497 e. The van der Waals surface area contributed by atoms with Gasteiger partial charge in [-0.05, 0) is 24.6 Å². The van der Waals surface area contributed by atoms with E-state index in [9.17, 15) is 4.79 Å². The lowest BCUT2D eigenvalue weighted by molar-refractivity contribution is -0.117. The minimum atomic E-state index is -0.569. The van der Waals surface area contributed by atoms with Crippen molar-refractivity contribution in [2.45, 2.75) is 19.4 Å². The van der Waals surface area contributed by atoms with E-state index in [0.717, 1.165) is 16.3 Å². The highest BCUT2D eigenvalue weighted by molar-refractivity contribution is 7.15. The van der Waals surface area contributed by atoms with Crippen molar-refractivity contribution in [1.29, 1.82) is 0 Å². The predicted molar refractivity (Wildman–Crippen MR) is 78.0 cm³/mol. The molecule has 6 nitrogen and oxygen atoms in total. The maximum Gasteiger partial charge on any atom is 0.242 e. The molecule has 0 unspecified atom stereocenters. The van der Waals surface area contributed by atoms with Gasteiger partial charge in [0.05, 0.1) is 13.2 Å². The number of anilines is 1. The summed E-state index contributed by atoms with van der Waals surface area (Å²) in [6, 6.07) is 7.18. The Morgan fingerprint density at radius 2 is 2.30 bits per heavy atom. The van der Waals surface area contributed by atoms with E-state index >= 15 is 0 Å². The number of rotatable bonds is 5. The van der Waals surface area contributed by atoms with Crippen molar-refractivity contribution in [2.75, 3.05) is 12.4 Å². The number of hydrogen-bond donors (Lipinski definition) is 2. The molecule has 1 aromatic carbocycles. The van der Waals surface area contributed by atoms with Crippen LogP contribution in [0.1, 0.15) is 17.5 Å². The van der Waals surface area contributed by atoms with E-state index in [-0.39, 0.29) is 5.91 Å². The van der Waals surface area contributed by atoms with Crippen LogP contribution >= 0.6 is 11.3 Å². The monoisotopic (exact) mass is 292 g/mol. The van der Waals surface area contributed by atoms with Gasteiger partial charge in [-0.3, -0.25) is 10.1 Å². The largest absolute Gasteiger partial charge is 0.497 e. The molecule has 3 N–H and O–H groups in total. The second-order valence-electron chi connectivity index (χ2n) is 4.31. The number of carbonyl (C=O) groups excluding carboxylic acids is 1. The third-order valence-electron chi connectivity index (χ3n) is 2.60. The minimum absolute atomic E-state index is 0.269. The highest BCUT2D eigenvalue weighted by Crippen LogP contribution is 2.20. The van der Waals surface area contributed by atoms with Crippen LogP contribution < -0.4 is 15.8 Å². The Morgan fingerprint density at radius 3 is 3.00 bits per heavy atom. The highest BCUT2D eigenvalue weighted by atomic mass is 32.1. The van der Waals surface area contributed by atoms with Gasteiger partial charge < -0.3 is 10.5 Å². The average molecular weight is 292 g/mol. The lowest BCUT2D eigenvalue weighted by Crippen LogP contribution is -2.32. The van der Waals surface area contributed by atoms with Gasteiger partial charge >= 0.3 is 0 Å². The lowest BCUT2D eigenvalue weighted by Gasteiger charge is -2.03. The fourth-order valence-electron chi connectivity index (χ4n) is 1.55. The summed E-state index contributed by atoms with van der Waals surface area (Å²) >= 11 is 1.34. The topological polar surface area (TPSA) is 90.1 Å². The predicted octanol–water partition coefficient (Wildman–Crippen LogP) is 1.42. The van der Waals surface area contributed by atoms with Crippen molar-refractivity contribution >= 4 is 22.4 Å². The summed E-state index contributed by atoms with van der Waals surface area (Å²) in [6.45, 7) is 1.62. The normalized spacial score (nSPS) is 11.9. The maximum atomic E-state index is 11.4. The zero-order chi connectivity index (χ0) is 14.5. The standard InChI is InChI=1S/C13H16N4O2S/c1-8(14)12(18)15-13-17-16-11(20-13)7-9-4-3-5-10(6-9)19-2/h3-6,8H,7,14H2,1-2H3,(H,15,17,18)/t8-/m0/s1. The zero-order valence-electron chi connectivity index (χ0n) is 11.3. The molecular weight excluding hydrogens is 276 g/mol. The fraction of sp³-hybridized carbons (Fsp3) is 0.308. The number of amides is 1. The van der Waals surface area contributed by atoms with E-state index in [1.165, 1.54) is 11.3 Å². The molecule has 0 bridgehead atoms. The number of hydrogen-bond acceptors (Lipinski definition) is 6. The Kier molecular flexibility index (Phi) is 4.65. The number of ether oxygens (including phenoxy) is 1. The first kappa shape index (κ1) is 14.4. The van der Waals surface area contributed by atoms with E-state index < -0.39 is 6.04 Å². The van der Waals surface area contributed by atoms with Gasteiger partial charge in [-0.25, -0.2) is 0 Å². The summed E-state index contributed by atoms with van der Waals surface area (Å²) in [5, 5.41) is 11.9. The summed E-state index contributed by atoms with van der Waals surface area (Å²) in [5.74, 6) is 0.534. The number of aromatic nitrogens is 2. The summed E-state index contributed by atoms with van der Waals surface area (Å²) in [5.41, 5.74) is 6.55. The van der Waals surface area contributed by atoms with Crippen LogP contribution in [0.25, 0.3) is 0 Å². The van der Waals surface area contributed by atoms with Gasteiger partial charge in [0, 0.05) is 6.42 Å². The maximum absolute atomic E-state index is 11.4. The number of carbonyl (C=O) groups is 1. The Balaban J connectivity index is 2.03. The molecule has 0 fully saturated rings. The molecule has 0 spiro atoms. The number of methoxy groups -OCH3 is 1. The quantitative estimate of drug-likeness (QED) is 0.870. The third-order valence-corrected chi connectivity index (χ3v) is 3.44. The molecule has 1 atom stereocenters. The molecule has 0 radical (unpaired) electrons. The van der Waals surface area contributed by atoms with Gasteiger partial charge in [0.25, 0.3) is 0 Å². The molecule has 1 amide bonds. The highest BCUT2D eigenvalue weighted by Gasteiger charge is 2.11. The smallest absolute Gasteiger partial charge is 0.242 e. The first-order valence-electron chi connectivity index (χ1n) is 6.10. The van der Waals surface area contributed by atoms with E-state index in [2.05, 4.69) is 15.5 Å². The molecule has 0 aliphatic carbocycles. The van der Waals surface area contributed by atoms with Crippen molar-refractivity contribution in [2.24, 2.45) is 5.73 Å². The first-order chi connectivity index (χ1) is 9.58. The second-order valence-corrected chi connectivity index (χ2v) is 5.37. The van der Waals surface area contributed by atoms with Crippen LogP contribution in [0.4, 0.5) is 5.13 Å². The van der Waals surface area contributed by atoms with Crippen molar-refractivity contribution in [3.05, 3.63) is 34.8 Å². The van der Waals surface area contributed by atoms with Crippen molar-refractivity contribution in [1.82, 2.24) is 10.2 Å². The van der Waals surface area contributed by atoms with Crippen LogP contribution in [0.15, 0.2) is 24.3 Å². The summed E-state index contributed by atoms with van der Waals surface area (Å²) in [4.78, 5) is 11.4. The molecular formula is C13H16N4O2S. The van der Waals surface area contributed by atoms with Gasteiger partial charge in [-0.1, -0.05) is 23.5 Å². The van der Waals surface area contributed by atoms with Gasteiger partial charge in [0.15, 0.2) is 0 Å². The zero-order valence-corrected chi connectivity index (χ0v) is 12.1. The molecule has 2 aromatic rings.